The zero-order valence-electron chi connectivity index (χ0n) is 6.93. The van der Waals surface area contributed by atoms with Gasteiger partial charge >= 0.3 is 0 Å². The maximum atomic E-state index is 4.23. The van der Waals surface area contributed by atoms with E-state index in [0.29, 0.717) is 0 Å². The fraction of sp³-hybridized carbons (Fsp3) is 0.500. The lowest BCUT2D eigenvalue weighted by Crippen LogP contribution is -2.15. The number of hydrogen-bond acceptors (Lipinski definition) is 2. The van der Waals surface area contributed by atoms with Crippen LogP contribution in [0.4, 0.5) is 0 Å². The second-order valence-corrected chi connectivity index (χ2v) is 4.72. The maximum Gasteiger partial charge on any atom is 0.133 e. The molecule has 1 aromatic heterocycles. The molecule has 60 valence electrons. The van der Waals surface area contributed by atoms with Crippen molar-refractivity contribution in [1.82, 2.24) is 9.97 Å². The molecule has 0 saturated heterocycles. The van der Waals surface area contributed by atoms with Crippen molar-refractivity contribution in [1.29, 1.82) is 0 Å². The van der Waals surface area contributed by atoms with E-state index in [-0.39, 0.29) is 5.41 Å². The topological polar surface area (TPSA) is 25.8 Å². The first-order chi connectivity index (χ1) is 5.00. The van der Waals surface area contributed by atoms with Crippen molar-refractivity contribution >= 4 is 22.6 Å². The highest BCUT2D eigenvalue weighted by Gasteiger charge is 2.15. The van der Waals surface area contributed by atoms with Crippen LogP contribution >= 0.6 is 22.6 Å². The van der Waals surface area contributed by atoms with E-state index in [9.17, 15) is 0 Å². The summed E-state index contributed by atoms with van der Waals surface area (Å²) in [5.74, 6) is 0.901. The lowest BCUT2D eigenvalue weighted by atomic mass is 9.96. The van der Waals surface area contributed by atoms with Crippen molar-refractivity contribution < 1.29 is 0 Å². The Kier molecular flexibility index (Phi) is 2.47. The molecule has 0 unspecified atom stereocenters. The summed E-state index contributed by atoms with van der Waals surface area (Å²) in [6, 6.07) is 0. The molecular formula is C8H11IN2. The molecule has 0 amide bonds. The van der Waals surface area contributed by atoms with E-state index in [4.69, 9.17) is 0 Å². The van der Waals surface area contributed by atoms with Crippen LogP contribution in [0.25, 0.3) is 0 Å². The van der Waals surface area contributed by atoms with Crippen LogP contribution in [0.3, 0.4) is 0 Å². The normalized spacial score (nSPS) is 11.6. The average Bonchev–Trinajstić information content (AvgIpc) is 1.86. The van der Waals surface area contributed by atoms with Crippen LogP contribution in [0.5, 0.6) is 0 Å². The van der Waals surface area contributed by atoms with Crippen LogP contribution in [0, 0.1) is 3.57 Å². The van der Waals surface area contributed by atoms with E-state index in [1.54, 1.807) is 0 Å². The van der Waals surface area contributed by atoms with Gasteiger partial charge in [0.1, 0.15) is 5.82 Å². The predicted octanol–water partition coefficient (Wildman–Crippen LogP) is 2.38. The number of rotatable bonds is 0. The summed E-state index contributed by atoms with van der Waals surface area (Å²) in [7, 11) is 0. The van der Waals surface area contributed by atoms with Gasteiger partial charge in [0.25, 0.3) is 0 Å². The Labute approximate surface area is 80.6 Å². The third-order valence-corrected chi connectivity index (χ3v) is 1.85. The van der Waals surface area contributed by atoms with Crippen LogP contribution in [0.1, 0.15) is 26.6 Å². The molecule has 0 N–H and O–H groups in total. The lowest BCUT2D eigenvalue weighted by molar-refractivity contribution is 0.544. The van der Waals surface area contributed by atoms with Gasteiger partial charge in [-0.15, -0.1) is 0 Å². The number of nitrogens with zero attached hydrogens (tertiary/aromatic N) is 2. The zero-order valence-corrected chi connectivity index (χ0v) is 9.08. The molecule has 0 fully saturated rings. The highest BCUT2D eigenvalue weighted by molar-refractivity contribution is 14.1. The van der Waals surface area contributed by atoms with E-state index < -0.39 is 0 Å². The van der Waals surface area contributed by atoms with Crippen LogP contribution < -0.4 is 0 Å². The minimum Gasteiger partial charge on any atom is -0.240 e. The Morgan fingerprint density at radius 3 is 2.00 bits per heavy atom. The molecular weight excluding hydrogens is 251 g/mol. The molecule has 0 saturated carbocycles. The summed E-state index contributed by atoms with van der Waals surface area (Å²) in [4.78, 5) is 8.46. The van der Waals surface area contributed by atoms with E-state index in [1.165, 1.54) is 0 Å². The van der Waals surface area contributed by atoms with Crippen molar-refractivity contribution in [2.45, 2.75) is 26.2 Å². The molecule has 1 rings (SSSR count). The van der Waals surface area contributed by atoms with Gasteiger partial charge in [0, 0.05) is 21.4 Å². The van der Waals surface area contributed by atoms with Gasteiger partial charge in [-0.3, -0.25) is 0 Å². The zero-order chi connectivity index (χ0) is 8.48. The molecule has 0 spiro atoms. The quantitative estimate of drug-likeness (QED) is 0.671. The minimum atomic E-state index is 0.0599. The van der Waals surface area contributed by atoms with Crippen LogP contribution in [0.2, 0.25) is 0 Å². The molecule has 0 aromatic carbocycles. The first-order valence-electron chi connectivity index (χ1n) is 3.48. The van der Waals surface area contributed by atoms with Gasteiger partial charge < -0.3 is 0 Å². The SMILES string of the molecule is CC(C)(C)c1ncc(I)cn1. The highest BCUT2D eigenvalue weighted by Crippen LogP contribution is 2.17. The van der Waals surface area contributed by atoms with E-state index in [0.717, 1.165) is 9.39 Å². The van der Waals surface area contributed by atoms with Crippen molar-refractivity contribution in [2.75, 3.05) is 0 Å². The smallest absolute Gasteiger partial charge is 0.133 e. The Bertz CT molecular complexity index is 235. The average molecular weight is 262 g/mol. The molecule has 1 heterocycles. The molecule has 0 aliphatic heterocycles. The third kappa shape index (κ3) is 2.39. The van der Waals surface area contributed by atoms with Gasteiger partial charge in [0.15, 0.2) is 0 Å². The number of aromatic nitrogens is 2. The van der Waals surface area contributed by atoms with Gasteiger partial charge in [-0.1, -0.05) is 20.8 Å². The fourth-order valence-electron chi connectivity index (χ4n) is 0.700. The number of hydrogen-bond donors (Lipinski definition) is 0. The van der Waals surface area contributed by atoms with Crippen LogP contribution in [0.15, 0.2) is 12.4 Å². The molecule has 0 radical (unpaired) electrons. The van der Waals surface area contributed by atoms with Crippen LogP contribution in [-0.2, 0) is 5.41 Å². The van der Waals surface area contributed by atoms with Gasteiger partial charge in [-0.25, -0.2) is 9.97 Å². The minimum absolute atomic E-state index is 0.0599. The maximum absolute atomic E-state index is 4.23. The molecule has 0 bridgehead atoms. The molecule has 0 atom stereocenters. The largest absolute Gasteiger partial charge is 0.240 e. The van der Waals surface area contributed by atoms with E-state index in [2.05, 4.69) is 53.3 Å². The molecule has 2 nitrogen and oxygen atoms in total. The molecule has 0 aliphatic carbocycles. The molecule has 3 heteroatoms. The second-order valence-electron chi connectivity index (χ2n) is 3.47. The summed E-state index contributed by atoms with van der Waals surface area (Å²) in [6.07, 6.45) is 3.68. The first-order valence-corrected chi connectivity index (χ1v) is 4.56. The monoisotopic (exact) mass is 262 g/mol. The summed E-state index contributed by atoms with van der Waals surface area (Å²) in [6.45, 7) is 6.32. The number of halogens is 1. The van der Waals surface area contributed by atoms with Gasteiger partial charge in [-0.2, -0.15) is 0 Å². The van der Waals surface area contributed by atoms with E-state index >= 15 is 0 Å². The van der Waals surface area contributed by atoms with Crippen LogP contribution in [-0.4, -0.2) is 9.97 Å². The molecule has 0 aliphatic rings. The summed E-state index contributed by atoms with van der Waals surface area (Å²) >= 11 is 2.20. The summed E-state index contributed by atoms with van der Waals surface area (Å²) < 4.78 is 1.08. The van der Waals surface area contributed by atoms with E-state index in [1.807, 2.05) is 12.4 Å². The van der Waals surface area contributed by atoms with Gasteiger partial charge in [0.2, 0.25) is 0 Å². The predicted molar refractivity (Wildman–Crippen MR) is 53.4 cm³/mol. The Balaban J connectivity index is 2.99. The Morgan fingerprint density at radius 1 is 1.18 bits per heavy atom. The van der Waals surface area contributed by atoms with Gasteiger partial charge in [0.05, 0.1) is 0 Å². The first kappa shape index (κ1) is 8.90. The fourth-order valence-corrected chi connectivity index (χ4v) is 0.978. The summed E-state index contributed by atoms with van der Waals surface area (Å²) in [5.41, 5.74) is 0.0599. The highest BCUT2D eigenvalue weighted by atomic mass is 127. The molecule has 11 heavy (non-hydrogen) atoms. The molecule has 1 aromatic rings. The second kappa shape index (κ2) is 3.05. The lowest BCUT2D eigenvalue weighted by Gasteiger charge is -2.15. The Morgan fingerprint density at radius 2 is 1.64 bits per heavy atom. The van der Waals surface area contributed by atoms with Crippen molar-refractivity contribution in [3.05, 3.63) is 21.8 Å². The third-order valence-electron chi connectivity index (χ3n) is 1.29. The van der Waals surface area contributed by atoms with Crippen molar-refractivity contribution in [3.63, 3.8) is 0 Å². The Hall–Kier alpha value is -0.190. The summed E-state index contributed by atoms with van der Waals surface area (Å²) in [5, 5.41) is 0. The van der Waals surface area contributed by atoms with Crippen molar-refractivity contribution in [2.24, 2.45) is 0 Å². The standard InChI is InChI=1S/C8H11IN2/c1-8(2,3)7-10-4-6(9)5-11-7/h4-5H,1-3H3. The van der Waals surface area contributed by atoms with Crippen molar-refractivity contribution in [3.8, 4) is 0 Å². The van der Waals surface area contributed by atoms with Gasteiger partial charge in [-0.05, 0) is 22.6 Å².